The zero-order valence-electron chi connectivity index (χ0n) is 48.9. The van der Waals surface area contributed by atoms with Gasteiger partial charge in [-0.1, -0.05) is 273 Å². The molecule has 0 saturated carbocycles. The predicted molar refractivity (Wildman–Crippen MR) is 373 cm³/mol. The highest BCUT2D eigenvalue weighted by molar-refractivity contribution is 6.22. The van der Waals surface area contributed by atoms with E-state index in [1.165, 1.54) is 82.5 Å². The number of imidazole rings is 1. The summed E-state index contributed by atoms with van der Waals surface area (Å²) in [5, 5.41) is 9.69. The van der Waals surface area contributed by atoms with E-state index in [0.717, 1.165) is 78.2 Å². The van der Waals surface area contributed by atoms with Gasteiger partial charge in [-0.2, -0.15) is 0 Å². The van der Waals surface area contributed by atoms with Crippen LogP contribution in [0.15, 0.2) is 328 Å². The molecule has 0 bridgehead atoms. The third-order valence-electron chi connectivity index (χ3n) is 17.4. The fourth-order valence-corrected chi connectivity index (χ4v) is 13.1. The molecular formula is C84H57N5. The molecule has 17 aromatic rings. The van der Waals surface area contributed by atoms with E-state index in [2.05, 4.69) is 313 Å². The molecule has 14 aromatic carbocycles. The molecule has 0 amide bonds. The lowest BCUT2D eigenvalue weighted by Gasteiger charge is -2.18. The van der Waals surface area contributed by atoms with E-state index in [9.17, 15) is 0 Å². The number of nitrogens with zero attached hydrogens (tertiary/aromatic N) is 5. The number of hydrogen-bond acceptors (Lipinski definition) is 3. The van der Waals surface area contributed by atoms with Crippen molar-refractivity contribution in [3.63, 3.8) is 0 Å². The molecular weight excluding hydrogens is 1080 g/mol. The number of aromatic nitrogens is 5. The van der Waals surface area contributed by atoms with Crippen LogP contribution in [-0.4, -0.2) is 24.1 Å². The second-order valence-electron chi connectivity index (χ2n) is 22.7. The second-order valence-corrected chi connectivity index (χ2v) is 22.7. The first kappa shape index (κ1) is 52.7. The summed E-state index contributed by atoms with van der Waals surface area (Å²) in [6.45, 7) is 0. The van der Waals surface area contributed by atoms with E-state index in [4.69, 9.17) is 15.0 Å². The predicted octanol–water partition coefficient (Wildman–Crippen LogP) is 21.9. The van der Waals surface area contributed by atoms with Crippen molar-refractivity contribution in [3.8, 4) is 95.5 Å². The van der Waals surface area contributed by atoms with Crippen LogP contribution in [0, 0.1) is 0 Å². The highest BCUT2D eigenvalue weighted by Crippen LogP contribution is 2.45. The monoisotopic (exact) mass is 1140 g/mol. The molecule has 0 radical (unpaired) electrons. The number of fused-ring (bicyclic) bond motifs is 7. The zero-order chi connectivity index (χ0) is 59.2. The Hall–Kier alpha value is -11.8. The fraction of sp³-hybridized carbons (Fsp3) is 0.0119. The lowest BCUT2D eigenvalue weighted by Crippen LogP contribution is -1.97. The summed E-state index contributed by atoms with van der Waals surface area (Å²) < 4.78 is 4.53. The van der Waals surface area contributed by atoms with Gasteiger partial charge in [0.1, 0.15) is 5.82 Å². The van der Waals surface area contributed by atoms with E-state index >= 15 is 0 Å². The topological polar surface area (TPSA) is 48.5 Å². The standard InChI is InChI=1S/C43H28N4.C41H29N/c1-3-12-33(13-4-1)42-45-40(37-28-27-31-11-7-8-16-36(31)41(37)46-42)32-23-19-29(20-24-32)30-21-25-34(26-22-30)43-44-38-17-9-10-18-39(38)47(43)35-14-5-2-6-15-35;1-42-38-24-22-31(25-33(38)27-39(42)28-13-5-2-6-14-28)32-21-23-36-37(26-32)41(30-17-9-4-10-18-30)35-20-12-11-19-34(35)40(36)29-15-7-3-8-16-29/h1-28H;2-27H,1H3. The largest absolute Gasteiger partial charge is 0.344 e. The highest BCUT2D eigenvalue weighted by Gasteiger charge is 2.20. The van der Waals surface area contributed by atoms with Crippen LogP contribution < -0.4 is 0 Å². The van der Waals surface area contributed by atoms with Crippen molar-refractivity contribution in [2.75, 3.05) is 0 Å². The molecule has 0 aliphatic heterocycles. The highest BCUT2D eigenvalue weighted by atomic mass is 15.1. The Balaban J connectivity index is 0.000000144. The quantitative estimate of drug-likeness (QED) is 0.107. The van der Waals surface area contributed by atoms with Gasteiger partial charge in [0.15, 0.2) is 5.82 Å². The molecule has 0 N–H and O–H groups in total. The van der Waals surface area contributed by atoms with E-state index in [0.29, 0.717) is 0 Å². The molecule has 0 fully saturated rings. The number of benzene rings is 14. The normalized spacial score (nSPS) is 11.4. The van der Waals surface area contributed by atoms with Crippen LogP contribution in [-0.2, 0) is 7.05 Å². The Kier molecular flexibility index (Phi) is 13.4. The van der Waals surface area contributed by atoms with Gasteiger partial charge in [0.05, 0.1) is 22.2 Å². The summed E-state index contributed by atoms with van der Waals surface area (Å²) in [6, 6.07) is 116. The summed E-state index contributed by atoms with van der Waals surface area (Å²) in [5.74, 6) is 1.65. The summed E-state index contributed by atoms with van der Waals surface area (Å²) in [4.78, 5) is 15.2. The first-order chi connectivity index (χ1) is 44.1. The van der Waals surface area contributed by atoms with Crippen LogP contribution in [0.5, 0.6) is 0 Å². The van der Waals surface area contributed by atoms with Crippen LogP contribution >= 0.6 is 0 Å². The molecule has 5 heteroatoms. The minimum Gasteiger partial charge on any atom is -0.344 e. The Labute approximate surface area is 516 Å². The van der Waals surface area contributed by atoms with Crippen molar-refractivity contribution < 1.29 is 0 Å². The van der Waals surface area contributed by atoms with Gasteiger partial charge in [-0.25, -0.2) is 15.0 Å². The van der Waals surface area contributed by atoms with Gasteiger partial charge in [-0.3, -0.25) is 4.57 Å². The Morgan fingerprint density at radius 3 is 1.42 bits per heavy atom. The van der Waals surface area contributed by atoms with Crippen LogP contribution in [0.25, 0.3) is 161 Å². The summed E-state index contributed by atoms with van der Waals surface area (Å²) in [7, 11) is 2.16. The zero-order valence-corrected chi connectivity index (χ0v) is 48.9. The molecule has 17 rings (SSSR count). The summed E-state index contributed by atoms with van der Waals surface area (Å²) >= 11 is 0. The molecule has 0 spiro atoms. The molecule has 3 aromatic heterocycles. The molecule has 89 heavy (non-hydrogen) atoms. The van der Waals surface area contributed by atoms with Gasteiger partial charge in [-0.05, 0) is 132 Å². The lowest BCUT2D eigenvalue weighted by molar-refractivity contribution is 0.978. The molecule has 0 saturated heterocycles. The Bertz CT molecular complexity index is 5450. The molecule has 3 heterocycles. The SMILES string of the molecule is Cn1c(-c2ccccc2)cc2cc(-c3ccc4c(-c5ccccc5)c5ccccc5c(-c5ccccc5)c4c3)ccc21.c1ccc(-c2nc(-c3ccc(-c4ccc(-c5nc6ccccc6n5-c5ccccc5)cc4)cc3)c3ccc4ccccc4c3n2)cc1. The summed E-state index contributed by atoms with van der Waals surface area (Å²) in [5.41, 5.74) is 21.7. The molecule has 0 unspecified atom stereocenters. The molecule has 5 nitrogen and oxygen atoms in total. The van der Waals surface area contributed by atoms with Crippen LogP contribution in [0.2, 0.25) is 0 Å². The third kappa shape index (κ3) is 9.68. The molecule has 418 valence electrons. The average molecular weight is 1140 g/mol. The van der Waals surface area contributed by atoms with Crippen molar-refractivity contribution in [2.45, 2.75) is 0 Å². The van der Waals surface area contributed by atoms with E-state index in [1.54, 1.807) is 0 Å². The van der Waals surface area contributed by atoms with Gasteiger partial charge >= 0.3 is 0 Å². The van der Waals surface area contributed by atoms with Gasteiger partial charge in [0, 0.05) is 56.8 Å². The van der Waals surface area contributed by atoms with Crippen molar-refractivity contribution in [1.29, 1.82) is 0 Å². The first-order valence-corrected chi connectivity index (χ1v) is 30.3. The molecule has 0 aliphatic carbocycles. The Morgan fingerprint density at radius 2 is 0.753 bits per heavy atom. The van der Waals surface area contributed by atoms with Crippen molar-refractivity contribution in [1.82, 2.24) is 24.1 Å². The first-order valence-electron chi connectivity index (χ1n) is 30.3. The smallest absolute Gasteiger partial charge is 0.160 e. The van der Waals surface area contributed by atoms with Gasteiger partial charge in [0.25, 0.3) is 0 Å². The third-order valence-corrected chi connectivity index (χ3v) is 17.4. The summed E-state index contributed by atoms with van der Waals surface area (Å²) in [6.07, 6.45) is 0. The van der Waals surface area contributed by atoms with E-state index < -0.39 is 0 Å². The fourth-order valence-electron chi connectivity index (χ4n) is 13.1. The van der Waals surface area contributed by atoms with Crippen molar-refractivity contribution in [2.24, 2.45) is 7.05 Å². The van der Waals surface area contributed by atoms with Crippen molar-refractivity contribution in [3.05, 3.63) is 328 Å². The molecule has 0 aliphatic rings. The maximum atomic E-state index is 5.13. The Morgan fingerprint density at radius 1 is 0.270 bits per heavy atom. The number of para-hydroxylation sites is 3. The average Bonchev–Trinajstić information content (AvgIpc) is 1.60. The maximum absolute atomic E-state index is 5.13. The van der Waals surface area contributed by atoms with Crippen LogP contribution in [0.4, 0.5) is 0 Å². The minimum atomic E-state index is 0.727. The van der Waals surface area contributed by atoms with Crippen LogP contribution in [0.1, 0.15) is 0 Å². The number of rotatable bonds is 9. The van der Waals surface area contributed by atoms with Crippen LogP contribution in [0.3, 0.4) is 0 Å². The number of hydrogen-bond donors (Lipinski definition) is 0. The van der Waals surface area contributed by atoms with Gasteiger partial charge in [0.2, 0.25) is 0 Å². The lowest BCUT2D eigenvalue weighted by atomic mass is 9.85. The number of aryl methyl sites for hydroxylation is 1. The molecule has 0 atom stereocenters. The minimum absolute atomic E-state index is 0.727. The maximum Gasteiger partial charge on any atom is 0.160 e. The van der Waals surface area contributed by atoms with Gasteiger partial charge in [-0.15, -0.1) is 0 Å². The van der Waals surface area contributed by atoms with Gasteiger partial charge < -0.3 is 4.57 Å². The van der Waals surface area contributed by atoms with E-state index in [-0.39, 0.29) is 0 Å². The van der Waals surface area contributed by atoms with E-state index in [1.807, 2.05) is 30.3 Å². The van der Waals surface area contributed by atoms with Crippen molar-refractivity contribution >= 4 is 65.2 Å². The second kappa shape index (κ2) is 22.6.